The first-order valence-electron chi connectivity index (χ1n) is 11.3. The van der Waals surface area contributed by atoms with Gasteiger partial charge < -0.3 is 30.0 Å². The Balaban J connectivity index is 1.33. The zero-order valence-corrected chi connectivity index (χ0v) is 19.4. The van der Waals surface area contributed by atoms with Gasteiger partial charge in [0.2, 0.25) is 0 Å². The van der Waals surface area contributed by atoms with E-state index in [0.29, 0.717) is 18.8 Å². The van der Waals surface area contributed by atoms with Crippen molar-refractivity contribution in [2.75, 3.05) is 31.2 Å². The van der Waals surface area contributed by atoms with Gasteiger partial charge in [-0.2, -0.15) is 5.26 Å². The first-order valence-corrected chi connectivity index (χ1v) is 11.3. The van der Waals surface area contributed by atoms with E-state index in [1.165, 1.54) is 13.3 Å². The molecule has 3 aromatic rings. The van der Waals surface area contributed by atoms with Crippen molar-refractivity contribution >= 4 is 23.4 Å². The standard InChI is InChI=1S/C26H27N5O4/c1-34-25(32)24-23(28)19(15-27)16-31(24)22-9-7-20(8-10-22)29-21-11-13-30(14-12-21)26(33)35-17-18-5-3-2-4-6-18/h2-10,16,21,29H,11-14,17,28H2,1H3. The summed E-state index contributed by atoms with van der Waals surface area (Å²) in [4.78, 5) is 26.3. The molecule has 9 heteroatoms. The molecule has 2 heterocycles. The van der Waals surface area contributed by atoms with Crippen molar-refractivity contribution in [1.29, 1.82) is 5.26 Å². The van der Waals surface area contributed by atoms with E-state index in [9.17, 15) is 14.9 Å². The van der Waals surface area contributed by atoms with Crippen LogP contribution in [0.25, 0.3) is 5.69 Å². The van der Waals surface area contributed by atoms with Crippen LogP contribution in [0.1, 0.15) is 34.5 Å². The lowest BCUT2D eigenvalue weighted by molar-refractivity contribution is 0.0592. The minimum Gasteiger partial charge on any atom is -0.464 e. The van der Waals surface area contributed by atoms with Gasteiger partial charge in [0.25, 0.3) is 0 Å². The maximum Gasteiger partial charge on any atom is 0.410 e. The number of amides is 1. The molecule has 0 saturated carbocycles. The third kappa shape index (κ3) is 5.38. The second-order valence-corrected chi connectivity index (χ2v) is 8.27. The molecule has 0 bridgehead atoms. The number of nitrogen functional groups attached to an aromatic ring is 1. The number of methoxy groups -OCH3 is 1. The number of nitrogens with zero attached hydrogens (tertiary/aromatic N) is 3. The van der Waals surface area contributed by atoms with E-state index in [4.69, 9.17) is 15.2 Å². The van der Waals surface area contributed by atoms with Crippen LogP contribution in [0.2, 0.25) is 0 Å². The fourth-order valence-electron chi connectivity index (χ4n) is 4.09. The van der Waals surface area contributed by atoms with Crippen LogP contribution in [-0.2, 0) is 16.1 Å². The number of likely N-dealkylation sites (tertiary alicyclic amines) is 1. The van der Waals surface area contributed by atoms with Gasteiger partial charge in [0.15, 0.2) is 5.69 Å². The summed E-state index contributed by atoms with van der Waals surface area (Å²) >= 11 is 0. The zero-order valence-electron chi connectivity index (χ0n) is 19.4. The Bertz CT molecular complexity index is 1220. The third-order valence-electron chi connectivity index (χ3n) is 6.02. The molecule has 2 aromatic carbocycles. The molecule has 3 N–H and O–H groups in total. The summed E-state index contributed by atoms with van der Waals surface area (Å²) in [6.45, 7) is 1.50. The van der Waals surface area contributed by atoms with E-state index < -0.39 is 5.97 Å². The Labute approximate surface area is 203 Å². The fourth-order valence-corrected chi connectivity index (χ4v) is 4.09. The van der Waals surface area contributed by atoms with E-state index in [0.717, 1.165) is 24.1 Å². The number of aromatic nitrogens is 1. The van der Waals surface area contributed by atoms with Crippen LogP contribution in [0.15, 0.2) is 60.8 Å². The monoisotopic (exact) mass is 473 g/mol. The molecule has 4 rings (SSSR count). The molecule has 35 heavy (non-hydrogen) atoms. The van der Waals surface area contributed by atoms with Crippen molar-refractivity contribution < 1.29 is 19.1 Å². The quantitative estimate of drug-likeness (QED) is 0.520. The highest BCUT2D eigenvalue weighted by Gasteiger charge is 2.24. The van der Waals surface area contributed by atoms with Crippen molar-refractivity contribution in [1.82, 2.24) is 9.47 Å². The average Bonchev–Trinajstić information content (AvgIpc) is 3.24. The van der Waals surface area contributed by atoms with Crippen molar-refractivity contribution in [3.63, 3.8) is 0 Å². The molecule has 0 unspecified atom stereocenters. The van der Waals surface area contributed by atoms with Crippen LogP contribution in [0.4, 0.5) is 16.2 Å². The largest absolute Gasteiger partial charge is 0.464 e. The Morgan fingerprint density at radius 2 is 1.80 bits per heavy atom. The predicted molar refractivity (Wildman–Crippen MR) is 131 cm³/mol. The molecular formula is C26H27N5O4. The Kier molecular flexibility index (Phi) is 7.21. The molecule has 0 spiro atoms. The molecule has 1 amide bonds. The van der Waals surface area contributed by atoms with Gasteiger partial charge in [-0.3, -0.25) is 0 Å². The van der Waals surface area contributed by atoms with Gasteiger partial charge in [0.1, 0.15) is 12.7 Å². The lowest BCUT2D eigenvalue weighted by Gasteiger charge is -2.32. The first kappa shape index (κ1) is 23.7. The molecule has 0 aliphatic carbocycles. The maximum absolute atomic E-state index is 12.4. The second kappa shape index (κ2) is 10.7. The minimum atomic E-state index is -0.611. The Morgan fingerprint density at radius 1 is 1.11 bits per heavy atom. The molecule has 0 radical (unpaired) electrons. The Hall–Kier alpha value is -4.45. The summed E-state index contributed by atoms with van der Waals surface area (Å²) in [6, 6.07) is 19.3. The lowest BCUT2D eigenvalue weighted by Crippen LogP contribution is -2.42. The smallest absolute Gasteiger partial charge is 0.410 e. The number of hydrogen-bond acceptors (Lipinski definition) is 7. The lowest BCUT2D eigenvalue weighted by atomic mass is 10.0. The van der Waals surface area contributed by atoms with Gasteiger partial charge >= 0.3 is 12.1 Å². The number of nitrogens with one attached hydrogen (secondary N) is 1. The number of carbonyl (C=O) groups excluding carboxylic acids is 2. The van der Waals surface area contributed by atoms with Crippen molar-refractivity contribution in [2.24, 2.45) is 0 Å². The van der Waals surface area contributed by atoms with Gasteiger partial charge in [0.05, 0.1) is 18.4 Å². The summed E-state index contributed by atoms with van der Waals surface area (Å²) in [5.74, 6) is -0.611. The SMILES string of the molecule is COC(=O)c1c(N)c(C#N)cn1-c1ccc(NC2CCN(C(=O)OCc3ccccc3)CC2)cc1. The highest BCUT2D eigenvalue weighted by molar-refractivity contribution is 5.96. The van der Waals surface area contributed by atoms with Gasteiger partial charge in [-0.05, 0) is 42.7 Å². The molecule has 1 aliphatic heterocycles. The van der Waals surface area contributed by atoms with E-state index in [1.807, 2.05) is 60.7 Å². The summed E-state index contributed by atoms with van der Waals surface area (Å²) in [5.41, 5.74) is 8.95. The summed E-state index contributed by atoms with van der Waals surface area (Å²) in [5, 5.41) is 12.8. The van der Waals surface area contributed by atoms with E-state index >= 15 is 0 Å². The molecule has 9 nitrogen and oxygen atoms in total. The van der Waals surface area contributed by atoms with E-state index in [1.54, 1.807) is 9.47 Å². The van der Waals surface area contributed by atoms with Gasteiger partial charge in [-0.15, -0.1) is 0 Å². The number of anilines is 2. The number of nitrogens with two attached hydrogens (primary N) is 1. The maximum atomic E-state index is 12.4. The van der Waals surface area contributed by atoms with Crippen molar-refractivity contribution in [2.45, 2.75) is 25.5 Å². The number of nitriles is 1. The van der Waals surface area contributed by atoms with Crippen LogP contribution in [-0.4, -0.2) is 47.8 Å². The van der Waals surface area contributed by atoms with Crippen LogP contribution >= 0.6 is 0 Å². The number of esters is 1. The molecule has 1 aromatic heterocycles. The van der Waals surface area contributed by atoms with Crippen molar-refractivity contribution in [3.8, 4) is 11.8 Å². The van der Waals surface area contributed by atoms with E-state index in [2.05, 4.69) is 5.32 Å². The number of ether oxygens (including phenoxy) is 2. The number of benzene rings is 2. The Morgan fingerprint density at radius 3 is 2.43 bits per heavy atom. The van der Waals surface area contributed by atoms with Gasteiger partial charge in [-0.1, -0.05) is 30.3 Å². The fraction of sp³-hybridized carbons (Fsp3) is 0.269. The van der Waals surface area contributed by atoms with Crippen LogP contribution in [0.3, 0.4) is 0 Å². The van der Waals surface area contributed by atoms with E-state index in [-0.39, 0.29) is 35.7 Å². The highest BCUT2D eigenvalue weighted by atomic mass is 16.6. The number of carbonyl (C=O) groups is 2. The summed E-state index contributed by atoms with van der Waals surface area (Å²) in [7, 11) is 1.27. The summed E-state index contributed by atoms with van der Waals surface area (Å²) in [6.07, 6.45) is 2.83. The summed E-state index contributed by atoms with van der Waals surface area (Å²) < 4.78 is 11.8. The highest BCUT2D eigenvalue weighted by Crippen LogP contribution is 2.26. The predicted octanol–water partition coefficient (Wildman–Crippen LogP) is 3.93. The average molecular weight is 474 g/mol. The molecule has 180 valence electrons. The number of rotatable bonds is 6. The van der Waals surface area contributed by atoms with Crippen molar-refractivity contribution in [3.05, 3.63) is 77.6 Å². The third-order valence-corrected chi connectivity index (χ3v) is 6.02. The zero-order chi connectivity index (χ0) is 24.8. The molecule has 0 atom stereocenters. The molecule has 1 saturated heterocycles. The number of hydrogen-bond donors (Lipinski definition) is 2. The molecule has 1 aliphatic rings. The first-order chi connectivity index (χ1) is 17.0. The molecule has 1 fully saturated rings. The van der Waals surface area contributed by atoms with Gasteiger partial charge in [0, 0.05) is 36.7 Å². The van der Waals surface area contributed by atoms with Crippen LogP contribution in [0, 0.1) is 11.3 Å². The topological polar surface area (TPSA) is 123 Å². The molecular weight excluding hydrogens is 446 g/mol. The number of piperidine rings is 1. The van der Waals surface area contributed by atoms with Gasteiger partial charge in [-0.25, -0.2) is 9.59 Å². The normalized spacial score (nSPS) is 13.7. The minimum absolute atomic E-state index is 0.0932. The second-order valence-electron chi connectivity index (χ2n) is 8.27. The van der Waals surface area contributed by atoms with Crippen LogP contribution < -0.4 is 11.1 Å². The van der Waals surface area contributed by atoms with Crippen LogP contribution in [0.5, 0.6) is 0 Å².